The number of rotatable bonds is 3. The molecule has 0 N–H and O–H groups in total. The van der Waals surface area contributed by atoms with Crippen molar-refractivity contribution in [2.24, 2.45) is 0 Å². The van der Waals surface area contributed by atoms with E-state index in [2.05, 4.69) is 0 Å². The zero-order chi connectivity index (χ0) is 22.9. The zero-order valence-corrected chi connectivity index (χ0v) is 20.6. The number of hydrogen-bond acceptors (Lipinski definition) is 4. The summed E-state index contributed by atoms with van der Waals surface area (Å²) < 4.78 is 4.69. The van der Waals surface area contributed by atoms with Gasteiger partial charge in [0, 0.05) is 12.5 Å². The van der Waals surface area contributed by atoms with E-state index in [1.807, 2.05) is 19.9 Å². The molecule has 2 rings (SSSR count). The molecule has 168 valence electrons. The van der Waals surface area contributed by atoms with Crippen LogP contribution in [0.5, 0.6) is 5.75 Å². The van der Waals surface area contributed by atoms with Crippen LogP contribution in [0.4, 0.5) is 0 Å². The van der Waals surface area contributed by atoms with Gasteiger partial charge < -0.3 is 4.74 Å². The second-order valence-electron chi connectivity index (χ2n) is 8.09. The highest BCUT2D eigenvalue weighted by molar-refractivity contribution is 6.26. The molecule has 0 fully saturated rings. The maximum Gasteiger partial charge on any atom is 0.390 e. The van der Waals surface area contributed by atoms with E-state index in [9.17, 15) is 14.4 Å². The van der Waals surface area contributed by atoms with Gasteiger partial charge in [-0.3, -0.25) is 9.59 Å². The molecular weight excluding hydrogens is 463 g/mol. The van der Waals surface area contributed by atoms with Crippen LogP contribution in [0.2, 0.25) is 0 Å². The molecule has 0 aliphatic rings. The number of aryl methyl sites for hydroxylation is 2. The zero-order valence-electron chi connectivity index (χ0n) is 18.2. The Bertz CT molecular complexity index is 967. The highest BCUT2D eigenvalue weighted by Gasteiger charge is 2.56. The van der Waals surface area contributed by atoms with Crippen molar-refractivity contribution in [2.75, 3.05) is 0 Å². The summed E-state index contributed by atoms with van der Waals surface area (Å²) in [6.07, 6.45) is 0. The number of hydrogen-bond donors (Lipinski definition) is 0. The Morgan fingerprint density at radius 2 is 1.42 bits per heavy atom. The van der Waals surface area contributed by atoms with Crippen molar-refractivity contribution in [3.63, 3.8) is 0 Å². The van der Waals surface area contributed by atoms with Gasteiger partial charge in [0.2, 0.25) is 11.8 Å². The highest BCUT2D eigenvalue weighted by atomic mass is 35.5. The second kappa shape index (κ2) is 10.0. The van der Waals surface area contributed by atoms with Crippen molar-refractivity contribution in [2.45, 2.75) is 47.1 Å². The number of halogens is 3. The molecular formula is C22H26Cl3N2O4+. The average Bonchev–Trinajstić information content (AvgIpc) is 2.64. The summed E-state index contributed by atoms with van der Waals surface area (Å²) in [7, 11) is 0. The predicted octanol–water partition coefficient (Wildman–Crippen LogP) is 5.77. The largest absolute Gasteiger partial charge is 0.427 e. The van der Waals surface area contributed by atoms with E-state index in [1.54, 1.807) is 32.9 Å². The van der Waals surface area contributed by atoms with Gasteiger partial charge in [-0.05, 0) is 75.1 Å². The molecule has 1 atom stereocenters. The fraction of sp³-hybridized carbons (Fsp3) is 0.318. The number of carbonyl (C=O) groups is 3. The Morgan fingerprint density at radius 3 is 1.84 bits per heavy atom. The summed E-state index contributed by atoms with van der Waals surface area (Å²) in [6.45, 7) is 10.1. The third-order valence-corrected chi connectivity index (χ3v) is 5.67. The predicted molar refractivity (Wildman–Crippen MR) is 123 cm³/mol. The van der Waals surface area contributed by atoms with E-state index >= 15 is 0 Å². The highest BCUT2D eigenvalue weighted by Crippen LogP contribution is 2.37. The Morgan fingerprint density at radius 1 is 0.935 bits per heavy atom. The van der Waals surface area contributed by atoms with Crippen molar-refractivity contribution in [1.29, 1.82) is 0 Å². The summed E-state index contributed by atoms with van der Waals surface area (Å²) in [6, 6.07) is 11.2. The van der Waals surface area contributed by atoms with Gasteiger partial charge >= 0.3 is 17.8 Å². The smallest absolute Gasteiger partial charge is 0.390 e. The van der Waals surface area contributed by atoms with Gasteiger partial charge in [0.15, 0.2) is 0 Å². The first kappa shape index (κ1) is 26.9. The molecule has 0 radical (unpaired) electrons. The number of ether oxygens (including phenoxy) is 1. The van der Waals surface area contributed by atoms with Gasteiger partial charge in [-0.15, -0.1) is 12.4 Å². The van der Waals surface area contributed by atoms with Crippen molar-refractivity contribution in [3.8, 4) is 5.75 Å². The van der Waals surface area contributed by atoms with E-state index in [1.165, 1.54) is 31.2 Å². The fourth-order valence-electron chi connectivity index (χ4n) is 2.98. The molecule has 0 aliphatic heterocycles. The van der Waals surface area contributed by atoms with E-state index in [0.717, 1.165) is 15.7 Å². The van der Waals surface area contributed by atoms with Gasteiger partial charge in [-0.1, -0.05) is 21.7 Å². The van der Waals surface area contributed by atoms with Crippen LogP contribution in [0.3, 0.4) is 0 Å². The maximum absolute atomic E-state index is 13.4. The Labute approximate surface area is 198 Å². The van der Waals surface area contributed by atoms with Gasteiger partial charge in [0.05, 0.1) is 17.3 Å². The molecule has 31 heavy (non-hydrogen) atoms. The van der Waals surface area contributed by atoms with Crippen LogP contribution < -0.4 is 4.74 Å². The number of quaternary nitrogens is 1. The monoisotopic (exact) mass is 487 g/mol. The molecule has 0 bridgehead atoms. The summed E-state index contributed by atoms with van der Waals surface area (Å²) in [4.78, 5) is 37.6. The van der Waals surface area contributed by atoms with Crippen LogP contribution in [0.1, 0.15) is 59.5 Å². The molecule has 0 spiro atoms. The Balaban J connectivity index is 0.00000480. The lowest BCUT2D eigenvalue weighted by molar-refractivity contribution is -0.871. The van der Waals surface area contributed by atoms with Crippen molar-refractivity contribution in [3.05, 3.63) is 64.7 Å². The fourth-order valence-corrected chi connectivity index (χ4v) is 3.54. The summed E-state index contributed by atoms with van der Waals surface area (Å²) >= 11 is 13.2. The first-order valence-electron chi connectivity index (χ1n) is 9.28. The molecule has 6 nitrogen and oxygen atoms in total. The van der Waals surface area contributed by atoms with Crippen LogP contribution in [-0.4, -0.2) is 32.0 Å². The van der Waals surface area contributed by atoms with Crippen molar-refractivity contribution >= 4 is 53.7 Å². The van der Waals surface area contributed by atoms with E-state index < -0.39 is 27.4 Å². The van der Waals surface area contributed by atoms with Gasteiger partial charge in [0.25, 0.3) is 0 Å². The van der Waals surface area contributed by atoms with E-state index in [-0.39, 0.29) is 23.7 Å². The van der Waals surface area contributed by atoms with Crippen LogP contribution in [0.15, 0.2) is 42.5 Å². The number of esters is 1. The molecule has 2 aromatic carbocycles. The lowest BCUT2D eigenvalue weighted by Gasteiger charge is -2.40. The van der Waals surface area contributed by atoms with Crippen molar-refractivity contribution < 1.29 is 23.2 Å². The molecule has 0 saturated carbocycles. The quantitative estimate of drug-likeness (QED) is 0.238. The molecule has 1 unspecified atom stereocenters. The normalized spacial score (nSPS) is 12.9. The minimum atomic E-state index is -1.02. The SMILES string of the molecule is CC(=O)Oc1ccc(C(=O)[N+](Cl)(N(Cl)C(=O)c2cc(C)cc(C)c2)C(C)(C)C)cc1.Cl. The van der Waals surface area contributed by atoms with Crippen molar-refractivity contribution in [1.82, 2.24) is 4.53 Å². The van der Waals surface area contributed by atoms with Crippen LogP contribution in [-0.2, 0) is 4.79 Å². The molecule has 2 aromatic rings. The van der Waals surface area contributed by atoms with E-state index in [4.69, 9.17) is 28.3 Å². The minimum absolute atomic E-state index is 0. The van der Waals surface area contributed by atoms with Crippen LogP contribution >= 0.6 is 36.0 Å². The van der Waals surface area contributed by atoms with Gasteiger partial charge in [-0.25, -0.2) is 4.79 Å². The third-order valence-electron chi connectivity index (χ3n) is 4.40. The lowest BCUT2D eigenvalue weighted by atomic mass is 10.1. The summed E-state index contributed by atoms with van der Waals surface area (Å²) in [5, 5.41) is 0. The number of nitrogens with zero attached hydrogens (tertiary/aromatic N) is 2. The molecule has 0 saturated heterocycles. The molecule has 2 amide bonds. The molecule has 9 heteroatoms. The topological polar surface area (TPSA) is 63.7 Å². The number of amides is 2. The number of carbonyl (C=O) groups excluding carboxylic acids is 3. The first-order chi connectivity index (χ1) is 13.8. The van der Waals surface area contributed by atoms with Crippen LogP contribution in [0.25, 0.3) is 0 Å². The Kier molecular flexibility index (Phi) is 8.68. The third kappa shape index (κ3) is 5.77. The molecule has 0 aliphatic carbocycles. The molecule has 0 heterocycles. The second-order valence-corrected chi connectivity index (χ2v) is 8.90. The first-order valence-corrected chi connectivity index (χ1v) is 9.96. The minimum Gasteiger partial charge on any atom is -0.427 e. The Hall–Kier alpha value is -2.12. The summed E-state index contributed by atoms with van der Waals surface area (Å²) in [5.41, 5.74) is 1.34. The standard InChI is InChI=1S/C22H25Cl2N2O4.ClH/c1-14-11-15(2)13-18(12-14)20(28)25(23)26(24,22(4,5)6)21(29)17-7-9-19(10-8-17)30-16(3)27;/h7-13H,1-6H3;1H/q+1;. The van der Waals surface area contributed by atoms with Crippen LogP contribution in [0, 0.1) is 13.8 Å². The summed E-state index contributed by atoms with van der Waals surface area (Å²) in [5.74, 6) is -1.39. The number of benzene rings is 2. The van der Waals surface area contributed by atoms with Gasteiger partial charge in [-0.2, -0.15) is 0 Å². The van der Waals surface area contributed by atoms with Gasteiger partial charge in [0.1, 0.15) is 11.3 Å². The molecule has 0 aromatic heterocycles. The van der Waals surface area contributed by atoms with E-state index in [0.29, 0.717) is 5.56 Å². The average molecular weight is 489 g/mol. The maximum atomic E-state index is 13.4. The lowest BCUT2D eigenvalue weighted by Crippen LogP contribution is -2.64.